The number of nitrogens with zero attached hydrogens (tertiary/aromatic N) is 3. The molecule has 1 aliphatic heterocycles. The van der Waals surface area contributed by atoms with Crippen LogP contribution in [0.25, 0.3) is 10.9 Å². The minimum atomic E-state index is -0.110. The Morgan fingerprint density at radius 2 is 2.21 bits per heavy atom. The molecule has 3 heterocycles. The molecule has 24 heavy (non-hydrogen) atoms. The normalized spacial score (nSPS) is 20.4. The van der Waals surface area contributed by atoms with Crippen molar-refractivity contribution in [3.63, 3.8) is 0 Å². The predicted octanol–water partition coefficient (Wildman–Crippen LogP) is 1.91. The molecule has 1 aliphatic rings. The van der Waals surface area contributed by atoms with Gasteiger partial charge >= 0.3 is 0 Å². The van der Waals surface area contributed by atoms with Crippen LogP contribution in [0.1, 0.15) is 11.5 Å². The molecule has 0 bridgehead atoms. The van der Waals surface area contributed by atoms with Crippen molar-refractivity contribution in [3.8, 4) is 0 Å². The summed E-state index contributed by atoms with van der Waals surface area (Å²) >= 11 is 0. The fraction of sp³-hybridized carbons (Fsp3) is 0.278. The lowest BCUT2D eigenvalue weighted by atomic mass is 9.90. The van der Waals surface area contributed by atoms with E-state index in [9.17, 15) is 4.79 Å². The minimum Gasteiger partial charge on any atom is -0.325 e. The Morgan fingerprint density at radius 1 is 1.29 bits per heavy atom. The monoisotopic (exact) mass is 321 g/mol. The second-order valence-electron chi connectivity index (χ2n) is 6.18. The summed E-state index contributed by atoms with van der Waals surface area (Å²) in [6.07, 6.45) is 5.59. The number of anilines is 1. The maximum Gasteiger partial charge on any atom is 0.229 e. The van der Waals surface area contributed by atoms with Gasteiger partial charge in [0.25, 0.3) is 0 Å². The molecule has 1 fully saturated rings. The molecule has 2 N–H and O–H groups in total. The molecule has 3 aromatic rings. The third-order valence-electron chi connectivity index (χ3n) is 4.61. The van der Waals surface area contributed by atoms with Crippen LogP contribution >= 0.6 is 0 Å². The van der Waals surface area contributed by atoms with Crippen molar-refractivity contribution in [2.75, 3.05) is 18.4 Å². The highest BCUT2D eigenvalue weighted by Crippen LogP contribution is 2.30. The van der Waals surface area contributed by atoms with E-state index in [1.54, 1.807) is 10.9 Å². The number of hydrogen-bond donors (Lipinski definition) is 2. The second-order valence-corrected chi connectivity index (χ2v) is 6.18. The summed E-state index contributed by atoms with van der Waals surface area (Å²) in [5, 5.41) is 11.6. The molecular weight excluding hydrogens is 302 g/mol. The van der Waals surface area contributed by atoms with Gasteiger partial charge in [-0.25, -0.2) is 0 Å². The largest absolute Gasteiger partial charge is 0.325 e. The number of nitrogens with one attached hydrogen (secondary N) is 2. The Bertz CT molecular complexity index is 883. The van der Waals surface area contributed by atoms with Crippen molar-refractivity contribution in [2.45, 2.75) is 5.92 Å². The van der Waals surface area contributed by atoms with Gasteiger partial charge in [-0.05, 0) is 29.8 Å². The summed E-state index contributed by atoms with van der Waals surface area (Å²) in [5.74, 6) is 0.0677. The summed E-state index contributed by atoms with van der Waals surface area (Å²) in [6, 6.07) is 9.64. The summed E-state index contributed by atoms with van der Waals surface area (Å²) < 4.78 is 1.78. The van der Waals surface area contributed by atoms with E-state index in [1.807, 2.05) is 49.8 Å². The minimum absolute atomic E-state index is 0.0326. The number of carbonyl (C=O) groups excluding carboxylic acids is 1. The third-order valence-corrected chi connectivity index (χ3v) is 4.61. The number of aryl methyl sites for hydroxylation is 1. The van der Waals surface area contributed by atoms with Crippen LogP contribution in [0, 0.1) is 5.92 Å². The average Bonchev–Trinajstić information content (AvgIpc) is 3.24. The van der Waals surface area contributed by atoms with Crippen LogP contribution in [0.4, 0.5) is 5.69 Å². The first-order valence-corrected chi connectivity index (χ1v) is 8.06. The van der Waals surface area contributed by atoms with Crippen LogP contribution in [-0.2, 0) is 11.8 Å². The van der Waals surface area contributed by atoms with E-state index in [1.165, 1.54) is 0 Å². The smallest absolute Gasteiger partial charge is 0.229 e. The SMILES string of the molecule is Cn1cc([C@H]2CNC[C@@H]2C(=O)Nc2cccc3ncccc23)cn1. The number of amides is 1. The highest BCUT2D eigenvalue weighted by atomic mass is 16.2. The Morgan fingerprint density at radius 3 is 3.04 bits per heavy atom. The fourth-order valence-electron chi connectivity index (χ4n) is 3.37. The molecule has 2 aromatic heterocycles. The molecule has 0 saturated carbocycles. The van der Waals surface area contributed by atoms with Crippen LogP contribution in [0.2, 0.25) is 0 Å². The van der Waals surface area contributed by atoms with Crippen LogP contribution < -0.4 is 10.6 Å². The molecule has 0 spiro atoms. The quantitative estimate of drug-likeness (QED) is 0.773. The van der Waals surface area contributed by atoms with E-state index in [0.717, 1.165) is 28.7 Å². The van der Waals surface area contributed by atoms with Crippen LogP contribution in [0.5, 0.6) is 0 Å². The van der Waals surface area contributed by atoms with E-state index in [0.29, 0.717) is 6.54 Å². The number of benzene rings is 1. The van der Waals surface area contributed by atoms with Gasteiger partial charge in [0.15, 0.2) is 0 Å². The number of aromatic nitrogens is 3. The molecule has 1 saturated heterocycles. The summed E-state index contributed by atoms with van der Waals surface area (Å²) in [6.45, 7) is 1.47. The van der Waals surface area contributed by atoms with E-state index < -0.39 is 0 Å². The van der Waals surface area contributed by atoms with Crippen molar-refractivity contribution >= 4 is 22.5 Å². The molecule has 0 unspecified atom stereocenters. The first-order chi connectivity index (χ1) is 11.7. The Hall–Kier alpha value is -2.73. The van der Waals surface area contributed by atoms with Gasteiger partial charge in [0, 0.05) is 43.8 Å². The van der Waals surface area contributed by atoms with E-state index in [2.05, 4.69) is 20.7 Å². The summed E-state index contributed by atoms with van der Waals surface area (Å²) in [4.78, 5) is 17.2. The van der Waals surface area contributed by atoms with E-state index >= 15 is 0 Å². The topological polar surface area (TPSA) is 71.8 Å². The van der Waals surface area contributed by atoms with Crippen molar-refractivity contribution < 1.29 is 4.79 Å². The predicted molar refractivity (Wildman–Crippen MR) is 92.7 cm³/mol. The summed E-state index contributed by atoms with van der Waals surface area (Å²) in [5.41, 5.74) is 2.79. The number of hydrogen-bond acceptors (Lipinski definition) is 4. The zero-order chi connectivity index (χ0) is 16.5. The standard InChI is InChI=1S/C18H19N5O/c1-23-11-12(8-21-23)14-9-19-10-15(14)18(24)22-17-6-2-5-16-13(17)4-3-7-20-16/h2-8,11,14-15,19H,9-10H2,1H3,(H,22,24)/t14-,15+/m1/s1. The van der Waals surface area contributed by atoms with Gasteiger partial charge in [0.1, 0.15) is 0 Å². The van der Waals surface area contributed by atoms with Gasteiger partial charge in [-0.15, -0.1) is 0 Å². The Balaban J connectivity index is 1.59. The lowest BCUT2D eigenvalue weighted by Gasteiger charge is -2.17. The van der Waals surface area contributed by atoms with Gasteiger partial charge in [0.2, 0.25) is 5.91 Å². The van der Waals surface area contributed by atoms with Crippen molar-refractivity contribution in [2.24, 2.45) is 13.0 Å². The molecule has 6 heteroatoms. The zero-order valence-electron chi connectivity index (χ0n) is 13.4. The molecule has 0 aliphatic carbocycles. The first kappa shape index (κ1) is 14.8. The van der Waals surface area contributed by atoms with Gasteiger partial charge in [0.05, 0.1) is 23.3 Å². The van der Waals surface area contributed by atoms with Crippen LogP contribution in [0.3, 0.4) is 0 Å². The number of pyridine rings is 1. The molecule has 2 atom stereocenters. The molecule has 6 nitrogen and oxygen atoms in total. The first-order valence-electron chi connectivity index (χ1n) is 8.06. The molecule has 1 aromatic carbocycles. The molecular formula is C18H19N5O. The average molecular weight is 321 g/mol. The lowest BCUT2D eigenvalue weighted by Crippen LogP contribution is -2.28. The maximum absolute atomic E-state index is 12.9. The lowest BCUT2D eigenvalue weighted by molar-refractivity contribution is -0.119. The fourth-order valence-corrected chi connectivity index (χ4v) is 3.37. The number of carbonyl (C=O) groups is 1. The molecule has 1 amide bonds. The van der Waals surface area contributed by atoms with Gasteiger partial charge in [-0.1, -0.05) is 6.07 Å². The van der Waals surface area contributed by atoms with Gasteiger partial charge in [-0.3, -0.25) is 14.5 Å². The van der Waals surface area contributed by atoms with Crippen LogP contribution in [-0.4, -0.2) is 33.8 Å². The molecule has 4 rings (SSSR count). The zero-order valence-corrected chi connectivity index (χ0v) is 13.4. The van der Waals surface area contributed by atoms with Crippen molar-refractivity contribution in [1.82, 2.24) is 20.1 Å². The number of rotatable bonds is 3. The third kappa shape index (κ3) is 2.65. The molecule has 0 radical (unpaired) electrons. The Labute approximate surface area is 139 Å². The highest BCUT2D eigenvalue weighted by molar-refractivity contribution is 6.02. The van der Waals surface area contributed by atoms with E-state index in [-0.39, 0.29) is 17.7 Å². The maximum atomic E-state index is 12.9. The molecule has 122 valence electrons. The van der Waals surface area contributed by atoms with Gasteiger partial charge < -0.3 is 10.6 Å². The second kappa shape index (κ2) is 6.05. The number of fused-ring (bicyclic) bond motifs is 1. The van der Waals surface area contributed by atoms with E-state index in [4.69, 9.17) is 0 Å². The Kier molecular flexibility index (Phi) is 3.74. The van der Waals surface area contributed by atoms with Gasteiger partial charge in [-0.2, -0.15) is 5.10 Å². The summed E-state index contributed by atoms with van der Waals surface area (Å²) in [7, 11) is 1.89. The van der Waals surface area contributed by atoms with Crippen LogP contribution in [0.15, 0.2) is 48.9 Å². The highest BCUT2D eigenvalue weighted by Gasteiger charge is 2.34. The van der Waals surface area contributed by atoms with Crippen molar-refractivity contribution in [1.29, 1.82) is 0 Å². The van der Waals surface area contributed by atoms with Crippen molar-refractivity contribution in [3.05, 3.63) is 54.5 Å².